The molecule has 0 bridgehead atoms. The molecule has 0 unspecified atom stereocenters. The number of rotatable bonds is 9. The molecular weight excluding hydrogens is 408 g/mol. The summed E-state index contributed by atoms with van der Waals surface area (Å²) in [6.45, 7) is 2.14. The fourth-order valence-electron chi connectivity index (χ4n) is 3.18. The van der Waals surface area contributed by atoms with E-state index in [0.717, 1.165) is 41.1 Å². The first-order chi connectivity index (χ1) is 15.2. The summed E-state index contributed by atoms with van der Waals surface area (Å²) in [4.78, 5) is 17.1. The van der Waals surface area contributed by atoms with Crippen molar-refractivity contribution in [3.05, 3.63) is 71.6 Å². The highest BCUT2D eigenvalue weighted by atomic mass is 32.1. The van der Waals surface area contributed by atoms with Crippen LogP contribution in [0.15, 0.2) is 65.1 Å². The van der Waals surface area contributed by atoms with Gasteiger partial charge in [-0.25, -0.2) is 4.98 Å². The van der Waals surface area contributed by atoms with Gasteiger partial charge in [-0.2, -0.15) is 0 Å². The van der Waals surface area contributed by atoms with Gasteiger partial charge in [0.1, 0.15) is 10.7 Å². The topological polar surface area (TPSA) is 80.9 Å². The van der Waals surface area contributed by atoms with Crippen LogP contribution in [-0.4, -0.2) is 21.1 Å². The summed E-state index contributed by atoms with van der Waals surface area (Å²) in [7, 11) is 0. The van der Waals surface area contributed by atoms with E-state index < -0.39 is 0 Å². The van der Waals surface area contributed by atoms with Crippen molar-refractivity contribution in [3.8, 4) is 22.6 Å². The summed E-state index contributed by atoms with van der Waals surface area (Å²) < 4.78 is 6.09. The average Bonchev–Trinajstić information content (AvgIpc) is 3.44. The highest BCUT2D eigenvalue weighted by molar-refractivity contribution is 7.15. The molecule has 2 aromatic heterocycles. The normalized spacial score (nSPS) is 10.9. The lowest BCUT2D eigenvalue weighted by molar-refractivity contribution is -0.116. The largest absolute Gasteiger partial charge is 0.440 e. The number of nitrogens with one attached hydrogen (secondary N) is 1. The van der Waals surface area contributed by atoms with Gasteiger partial charge in [0, 0.05) is 30.4 Å². The minimum absolute atomic E-state index is 0.126. The molecule has 6 nitrogen and oxygen atoms in total. The number of anilines is 1. The third-order valence-electron chi connectivity index (χ3n) is 4.78. The minimum atomic E-state index is -0.126. The van der Waals surface area contributed by atoms with Gasteiger partial charge in [-0.3, -0.25) is 4.79 Å². The van der Waals surface area contributed by atoms with E-state index in [2.05, 4.69) is 22.4 Å². The lowest BCUT2D eigenvalue weighted by Crippen LogP contribution is -2.12. The number of aromatic nitrogens is 3. The van der Waals surface area contributed by atoms with E-state index in [9.17, 15) is 4.79 Å². The Hall–Kier alpha value is -3.32. The lowest BCUT2D eigenvalue weighted by Gasteiger charge is -2.00. The number of oxazole rings is 1. The number of aryl methyl sites for hydroxylation is 2. The molecule has 0 radical (unpaired) electrons. The predicted octanol–water partition coefficient (Wildman–Crippen LogP) is 5.77. The van der Waals surface area contributed by atoms with E-state index in [1.54, 1.807) is 0 Å². The van der Waals surface area contributed by atoms with Crippen LogP contribution in [0.1, 0.15) is 37.1 Å². The first kappa shape index (κ1) is 20.9. The van der Waals surface area contributed by atoms with E-state index >= 15 is 0 Å². The molecule has 2 aromatic carbocycles. The van der Waals surface area contributed by atoms with Crippen molar-refractivity contribution in [1.29, 1.82) is 0 Å². The molecule has 158 valence electrons. The van der Waals surface area contributed by atoms with Crippen LogP contribution in [0.5, 0.6) is 0 Å². The Morgan fingerprint density at radius 2 is 1.68 bits per heavy atom. The van der Waals surface area contributed by atoms with Crippen molar-refractivity contribution in [1.82, 2.24) is 15.2 Å². The second-order valence-electron chi connectivity index (χ2n) is 7.17. The van der Waals surface area contributed by atoms with E-state index in [4.69, 9.17) is 9.40 Å². The Morgan fingerprint density at radius 1 is 0.968 bits per heavy atom. The highest BCUT2D eigenvalue weighted by Gasteiger charge is 2.18. The average molecular weight is 433 g/mol. The maximum atomic E-state index is 12.4. The van der Waals surface area contributed by atoms with Crippen LogP contribution < -0.4 is 5.32 Å². The zero-order valence-corrected chi connectivity index (χ0v) is 18.2. The van der Waals surface area contributed by atoms with Crippen LogP contribution in [-0.2, 0) is 17.6 Å². The first-order valence-corrected chi connectivity index (χ1v) is 11.3. The Morgan fingerprint density at radius 3 is 2.39 bits per heavy atom. The van der Waals surface area contributed by atoms with Crippen LogP contribution in [0, 0.1) is 0 Å². The number of unbranched alkanes of at least 4 members (excludes halogenated alkanes) is 1. The molecule has 31 heavy (non-hydrogen) atoms. The number of carbonyl (C=O) groups excluding carboxylic acids is 1. The van der Waals surface area contributed by atoms with Crippen molar-refractivity contribution >= 4 is 22.4 Å². The molecule has 2 heterocycles. The van der Waals surface area contributed by atoms with Crippen LogP contribution in [0.4, 0.5) is 5.13 Å². The zero-order valence-electron chi connectivity index (χ0n) is 17.4. The molecule has 0 aliphatic rings. The summed E-state index contributed by atoms with van der Waals surface area (Å²) in [5.74, 6) is 1.12. The molecule has 4 rings (SSSR count). The summed E-state index contributed by atoms with van der Waals surface area (Å²) in [5, 5.41) is 12.5. The molecule has 1 N–H and O–H groups in total. The maximum Gasteiger partial charge on any atom is 0.226 e. The van der Waals surface area contributed by atoms with E-state index in [0.29, 0.717) is 23.2 Å². The van der Waals surface area contributed by atoms with Gasteiger partial charge < -0.3 is 9.73 Å². The summed E-state index contributed by atoms with van der Waals surface area (Å²) in [5.41, 5.74) is 2.72. The van der Waals surface area contributed by atoms with Gasteiger partial charge in [-0.05, 0) is 6.42 Å². The molecule has 0 saturated heterocycles. The first-order valence-electron chi connectivity index (χ1n) is 10.5. The van der Waals surface area contributed by atoms with Gasteiger partial charge in [0.05, 0.1) is 0 Å². The Kier molecular flexibility index (Phi) is 6.84. The molecule has 1 amide bonds. The maximum absolute atomic E-state index is 12.4. The predicted molar refractivity (Wildman–Crippen MR) is 123 cm³/mol. The van der Waals surface area contributed by atoms with E-state index in [-0.39, 0.29) is 12.3 Å². The third-order valence-corrected chi connectivity index (χ3v) is 5.68. The molecule has 0 atom stereocenters. The molecule has 0 aliphatic carbocycles. The molecule has 0 aliphatic heterocycles. The number of nitrogens with zero attached hydrogens (tertiary/aromatic N) is 3. The molecule has 7 heteroatoms. The summed E-state index contributed by atoms with van der Waals surface area (Å²) >= 11 is 1.43. The molecule has 0 saturated carbocycles. The van der Waals surface area contributed by atoms with Crippen molar-refractivity contribution < 1.29 is 9.21 Å². The quantitative estimate of drug-likeness (QED) is 0.363. The summed E-state index contributed by atoms with van der Waals surface area (Å²) in [6, 6.07) is 19.8. The third kappa shape index (κ3) is 5.44. The lowest BCUT2D eigenvalue weighted by atomic mass is 10.1. The Bertz CT molecular complexity index is 1070. The van der Waals surface area contributed by atoms with Gasteiger partial charge in [-0.15, -0.1) is 10.2 Å². The fraction of sp³-hybridized carbons (Fsp3) is 0.250. The number of hydrogen-bond acceptors (Lipinski definition) is 6. The van der Waals surface area contributed by atoms with Gasteiger partial charge in [0.15, 0.2) is 11.7 Å². The van der Waals surface area contributed by atoms with E-state index in [1.165, 1.54) is 11.3 Å². The number of carbonyl (C=O) groups is 1. The number of amides is 1. The van der Waals surface area contributed by atoms with Gasteiger partial charge in [0.2, 0.25) is 11.0 Å². The SMILES string of the molecule is CCCCc1nnc(NC(=O)CCc2nc(-c3ccccc3)c(-c3ccccc3)o2)s1. The molecule has 0 fully saturated rings. The molecule has 0 spiro atoms. The van der Waals surface area contributed by atoms with Crippen molar-refractivity contribution in [2.45, 2.75) is 39.0 Å². The van der Waals surface area contributed by atoms with Gasteiger partial charge >= 0.3 is 0 Å². The van der Waals surface area contributed by atoms with Crippen LogP contribution >= 0.6 is 11.3 Å². The number of hydrogen-bond donors (Lipinski definition) is 1. The van der Waals surface area contributed by atoms with Gasteiger partial charge in [-0.1, -0.05) is 85.3 Å². The molecular formula is C24H24N4O2S. The minimum Gasteiger partial charge on any atom is -0.440 e. The Labute approximate surface area is 185 Å². The van der Waals surface area contributed by atoms with Crippen LogP contribution in [0.25, 0.3) is 22.6 Å². The second kappa shape index (κ2) is 10.1. The van der Waals surface area contributed by atoms with Crippen LogP contribution in [0.3, 0.4) is 0 Å². The monoisotopic (exact) mass is 432 g/mol. The zero-order chi connectivity index (χ0) is 21.5. The highest BCUT2D eigenvalue weighted by Crippen LogP contribution is 2.32. The van der Waals surface area contributed by atoms with Crippen molar-refractivity contribution in [3.63, 3.8) is 0 Å². The van der Waals surface area contributed by atoms with Crippen molar-refractivity contribution in [2.24, 2.45) is 0 Å². The van der Waals surface area contributed by atoms with Crippen LogP contribution in [0.2, 0.25) is 0 Å². The fourth-order valence-corrected chi connectivity index (χ4v) is 3.98. The van der Waals surface area contributed by atoms with Crippen molar-refractivity contribution in [2.75, 3.05) is 5.32 Å². The van der Waals surface area contributed by atoms with Gasteiger partial charge in [0.25, 0.3) is 0 Å². The standard InChI is InChI=1S/C24H24N4O2S/c1-2-3-14-21-27-28-24(31-21)25-19(29)15-16-20-26-22(17-10-6-4-7-11-17)23(30-20)18-12-8-5-9-13-18/h4-13H,2-3,14-16H2,1H3,(H,25,28,29). The second-order valence-corrected chi connectivity index (χ2v) is 8.23. The smallest absolute Gasteiger partial charge is 0.226 e. The summed E-state index contributed by atoms with van der Waals surface area (Å²) in [6.07, 6.45) is 3.73. The Balaban J connectivity index is 1.45. The molecule has 4 aromatic rings. The number of benzene rings is 2. The van der Waals surface area contributed by atoms with E-state index in [1.807, 2.05) is 60.7 Å².